The molecule has 0 saturated heterocycles. The fourth-order valence-electron chi connectivity index (χ4n) is 2.17. The Kier molecular flexibility index (Phi) is 5.95. The lowest BCUT2D eigenvalue weighted by molar-refractivity contribution is -0.301. The Bertz CT molecular complexity index is 936. The molecule has 2 aromatic rings. The maximum absolute atomic E-state index is 12.8. The van der Waals surface area contributed by atoms with Crippen LogP contribution < -0.4 is 0 Å². The van der Waals surface area contributed by atoms with Gasteiger partial charge in [0.05, 0.1) is 16.7 Å². The fraction of sp³-hybridized carbons (Fsp3) is 0.200. The number of carboxylic acids is 2. The van der Waals surface area contributed by atoms with Gasteiger partial charge in [-0.3, -0.25) is 9.68 Å². The smallest absolute Gasteiger partial charge is 0.373 e. The van der Waals surface area contributed by atoms with Gasteiger partial charge in [-0.2, -0.15) is 4.89 Å². The highest BCUT2D eigenvalue weighted by Gasteiger charge is 2.24. The van der Waals surface area contributed by atoms with E-state index in [9.17, 15) is 19.2 Å². The predicted octanol–water partition coefficient (Wildman–Crippen LogP) is 3.20. The number of benzene rings is 2. The summed E-state index contributed by atoms with van der Waals surface area (Å²) in [7, 11) is 0. The lowest BCUT2D eigenvalue weighted by Gasteiger charge is -2.17. The summed E-state index contributed by atoms with van der Waals surface area (Å²) < 4.78 is 0. The molecule has 0 aliphatic heterocycles. The molecule has 0 radical (unpaired) electrons. The zero-order valence-electron chi connectivity index (χ0n) is 15.4. The van der Waals surface area contributed by atoms with E-state index < -0.39 is 29.3 Å². The Hall–Kier alpha value is -3.52. The first-order chi connectivity index (χ1) is 13.0. The predicted molar refractivity (Wildman–Crippen MR) is 96.5 cm³/mol. The number of ketones is 1. The van der Waals surface area contributed by atoms with Gasteiger partial charge in [0, 0.05) is 11.1 Å². The van der Waals surface area contributed by atoms with Gasteiger partial charge >= 0.3 is 17.9 Å². The molecular formula is C20H18O8. The van der Waals surface area contributed by atoms with E-state index in [1.165, 1.54) is 36.4 Å². The van der Waals surface area contributed by atoms with Crippen molar-refractivity contribution in [2.45, 2.75) is 26.4 Å². The van der Waals surface area contributed by atoms with Crippen molar-refractivity contribution in [2.75, 3.05) is 0 Å². The molecule has 0 aliphatic rings. The van der Waals surface area contributed by atoms with Crippen LogP contribution in [0.1, 0.15) is 67.8 Å². The first-order valence-corrected chi connectivity index (χ1v) is 8.15. The normalized spacial score (nSPS) is 11.0. The van der Waals surface area contributed by atoms with E-state index in [1.807, 2.05) is 0 Å². The van der Waals surface area contributed by atoms with Crippen LogP contribution in [-0.2, 0) is 9.78 Å². The largest absolute Gasteiger partial charge is 0.478 e. The zero-order valence-corrected chi connectivity index (χ0v) is 15.4. The molecule has 0 bridgehead atoms. The van der Waals surface area contributed by atoms with Crippen LogP contribution >= 0.6 is 0 Å². The van der Waals surface area contributed by atoms with E-state index in [-0.39, 0.29) is 27.8 Å². The third kappa shape index (κ3) is 5.01. The minimum absolute atomic E-state index is 0.00372. The van der Waals surface area contributed by atoms with Crippen molar-refractivity contribution in [3.8, 4) is 0 Å². The van der Waals surface area contributed by atoms with E-state index in [0.717, 1.165) is 6.07 Å². The van der Waals surface area contributed by atoms with Gasteiger partial charge in [-0.15, -0.1) is 0 Å². The molecule has 8 heteroatoms. The Balaban J connectivity index is 2.44. The molecule has 2 N–H and O–H groups in total. The molecule has 2 aromatic carbocycles. The van der Waals surface area contributed by atoms with E-state index >= 15 is 0 Å². The van der Waals surface area contributed by atoms with Gasteiger partial charge in [0.2, 0.25) is 0 Å². The van der Waals surface area contributed by atoms with Crippen molar-refractivity contribution in [2.24, 2.45) is 0 Å². The third-order valence-corrected chi connectivity index (χ3v) is 3.49. The Labute approximate surface area is 160 Å². The summed E-state index contributed by atoms with van der Waals surface area (Å²) in [6.07, 6.45) is 0. The van der Waals surface area contributed by atoms with Crippen LogP contribution in [0, 0.1) is 0 Å². The van der Waals surface area contributed by atoms with Crippen LogP contribution in [0.15, 0.2) is 42.5 Å². The highest BCUT2D eigenvalue weighted by atomic mass is 17.2. The number of carbonyl (C=O) groups excluding carboxylic acids is 2. The van der Waals surface area contributed by atoms with Crippen LogP contribution in [0.4, 0.5) is 0 Å². The van der Waals surface area contributed by atoms with Gasteiger partial charge in [0.1, 0.15) is 5.60 Å². The average molecular weight is 386 g/mol. The lowest BCUT2D eigenvalue weighted by atomic mass is 9.96. The van der Waals surface area contributed by atoms with E-state index in [2.05, 4.69) is 0 Å². The van der Waals surface area contributed by atoms with Gasteiger partial charge in [-0.25, -0.2) is 14.4 Å². The third-order valence-electron chi connectivity index (χ3n) is 3.49. The Morgan fingerprint density at radius 1 is 0.750 bits per heavy atom. The quantitative estimate of drug-likeness (QED) is 0.440. The summed E-state index contributed by atoms with van der Waals surface area (Å²) in [5.41, 5.74) is -1.28. The van der Waals surface area contributed by atoms with E-state index in [0.29, 0.717) is 0 Å². The highest BCUT2D eigenvalue weighted by Crippen LogP contribution is 2.20. The molecule has 0 amide bonds. The monoisotopic (exact) mass is 386 g/mol. The second-order valence-corrected chi connectivity index (χ2v) is 6.84. The fourth-order valence-corrected chi connectivity index (χ4v) is 2.17. The number of hydrogen-bond donors (Lipinski definition) is 2. The number of carbonyl (C=O) groups is 4. The second kappa shape index (κ2) is 8.01. The van der Waals surface area contributed by atoms with Crippen molar-refractivity contribution in [3.05, 3.63) is 70.3 Å². The first-order valence-electron chi connectivity index (χ1n) is 8.15. The maximum Gasteiger partial charge on any atom is 0.373 e. The van der Waals surface area contributed by atoms with Gasteiger partial charge in [-0.05, 0) is 51.1 Å². The van der Waals surface area contributed by atoms with Gasteiger partial charge in [-0.1, -0.05) is 12.1 Å². The Morgan fingerprint density at radius 3 is 1.75 bits per heavy atom. The minimum atomic E-state index is -1.28. The van der Waals surface area contributed by atoms with Crippen molar-refractivity contribution in [1.82, 2.24) is 0 Å². The average Bonchev–Trinajstić information content (AvgIpc) is 2.64. The van der Waals surface area contributed by atoms with E-state index in [1.54, 1.807) is 20.8 Å². The van der Waals surface area contributed by atoms with Gasteiger partial charge in [0.15, 0.2) is 5.78 Å². The second-order valence-electron chi connectivity index (χ2n) is 6.84. The molecular weight excluding hydrogens is 368 g/mol. The molecule has 0 aromatic heterocycles. The maximum atomic E-state index is 12.8. The van der Waals surface area contributed by atoms with Crippen LogP contribution in [0.25, 0.3) is 0 Å². The van der Waals surface area contributed by atoms with Gasteiger partial charge in [0.25, 0.3) is 0 Å². The highest BCUT2D eigenvalue weighted by molar-refractivity contribution is 6.15. The number of aromatic carboxylic acids is 2. The summed E-state index contributed by atoms with van der Waals surface area (Å²) in [6.45, 7) is 4.93. The summed E-state index contributed by atoms with van der Waals surface area (Å²) in [5.74, 6) is -4.05. The molecule has 0 atom stereocenters. The molecule has 0 spiro atoms. The summed E-state index contributed by atoms with van der Waals surface area (Å²) in [6, 6.07) is 8.52. The minimum Gasteiger partial charge on any atom is -0.478 e. The molecule has 0 heterocycles. The van der Waals surface area contributed by atoms with Crippen molar-refractivity contribution >= 4 is 23.7 Å². The molecule has 0 aliphatic carbocycles. The molecule has 146 valence electrons. The van der Waals surface area contributed by atoms with Gasteiger partial charge < -0.3 is 10.2 Å². The summed E-state index contributed by atoms with van der Waals surface area (Å²) >= 11 is 0. The van der Waals surface area contributed by atoms with Crippen LogP contribution in [0.5, 0.6) is 0 Å². The standard InChI is InChI=1S/C20H18O8/c1-20(2,3)28-27-19(26)15-10-13(18(24)25)8-9-14(15)16(21)11-4-6-12(7-5-11)17(22)23/h4-10H,1-3H3,(H,22,23)(H,24,25). The molecule has 8 nitrogen and oxygen atoms in total. The molecule has 0 saturated carbocycles. The lowest BCUT2D eigenvalue weighted by Crippen LogP contribution is -2.23. The Morgan fingerprint density at radius 2 is 1.25 bits per heavy atom. The zero-order chi connectivity index (χ0) is 21.1. The summed E-state index contributed by atoms with van der Waals surface area (Å²) in [4.78, 5) is 57.0. The molecule has 2 rings (SSSR count). The van der Waals surface area contributed by atoms with Crippen LogP contribution in [-0.4, -0.2) is 39.5 Å². The van der Waals surface area contributed by atoms with Crippen LogP contribution in [0.2, 0.25) is 0 Å². The SMILES string of the molecule is CC(C)(C)OOC(=O)c1cc(C(=O)O)ccc1C(=O)c1ccc(C(=O)O)cc1. The first kappa shape index (κ1) is 20.8. The number of rotatable bonds is 6. The van der Waals surface area contributed by atoms with Crippen molar-refractivity contribution in [3.63, 3.8) is 0 Å². The van der Waals surface area contributed by atoms with Crippen molar-refractivity contribution < 1.29 is 39.2 Å². The van der Waals surface area contributed by atoms with Crippen molar-refractivity contribution in [1.29, 1.82) is 0 Å². The molecule has 28 heavy (non-hydrogen) atoms. The van der Waals surface area contributed by atoms with Crippen LogP contribution in [0.3, 0.4) is 0 Å². The van der Waals surface area contributed by atoms with E-state index in [4.69, 9.17) is 20.0 Å². The number of carboxylic acid groups (broad SMARTS) is 2. The molecule has 0 fully saturated rings. The number of hydrogen-bond acceptors (Lipinski definition) is 6. The molecule has 0 unspecified atom stereocenters. The summed E-state index contributed by atoms with van der Waals surface area (Å²) in [5, 5.41) is 18.1. The topological polar surface area (TPSA) is 127 Å².